The minimum atomic E-state index is 0.843. The number of rotatable bonds is 3. The minimum absolute atomic E-state index is 0.843. The second kappa shape index (κ2) is 4.35. The quantitative estimate of drug-likeness (QED) is 0.795. The molecule has 0 fully saturated rings. The van der Waals surface area contributed by atoms with Crippen LogP contribution in [0.1, 0.15) is 21.7 Å². The smallest absolute Gasteiger partial charge is 0.152 e. The Hall–Kier alpha value is -1.88. The Kier molecular flexibility index (Phi) is 2.51. The first kappa shape index (κ1) is 11.0. The number of nitrogens with zero attached hydrogens (tertiary/aromatic N) is 3. The van der Waals surface area contributed by atoms with Crippen LogP contribution in [0.4, 0.5) is 5.82 Å². The third kappa shape index (κ3) is 1.90. The first-order valence-corrected chi connectivity index (χ1v) is 7.34. The highest BCUT2D eigenvalue weighted by Gasteiger charge is 2.14. The third-order valence-electron chi connectivity index (χ3n) is 3.55. The molecule has 0 saturated heterocycles. The highest BCUT2D eigenvalue weighted by molar-refractivity contribution is 7.12. The van der Waals surface area contributed by atoms with Crippen molar-refractivity contribution in [1.82, 2.24) is 14.6 Å². The van der Waals surface area contributed by atoms with Gasteiger partial charge in [0.25, 0.3) is 0 Å². The van der Waals surface area contributed by atoms with Gasteiger partial charge >= 0.3 is 0 Å². The standard InChI is InChI=1S/C14H14N4S/c1-2-10-8-11(19-13(10)3-1)9-16-14-12-4-5-17-18(12)7-6-15-14/h4-8H,1-3,9H2,(H,15,16). The third-order valence-corrected chi connectivity index (χ3v) is 4.79. The van der Waals surface area contributed by atoms with Crippen LogP contribution in [0.5, 0.6) is 0 Å². The van der Waals surface area contributed by atoms with Crippen LogP contribution >= 0.6 is 11.3 Å². The van der Waals surface area contributed by atoms with E-state index in [0.29, 0.717) is 0 Å². The van der Waals surface area contributed by atoms with Gasteiger partial charge < -0.3 is 5.32 Å². The number of hydrogen-bond acceptors (Lipinski definition) is 4. The molecule has 1 N–H and O–H groups in total. The van der Waals surface area contributed by atoms with E-state index in [1.165, 1.54) is 24.1 Å². The van der Waals surface area contributed by atoms with Crippen LogP contribution in [0.3, 0.4) is 0 Å². The highest BCUT2D eigenvalue weighted by Crippen LogP contribution is 2.31. The zero-order chi connectivity index (χ0) is 12.7. The van der Waals surface area contributed by atoms with Crippen LogP contribution < -0.4 is 5.32 Å². The molecule has 0 amide bonds. The fourth-order valence-corrected chi connectivity index (χ4v) is 3.84. The van der Waals surface area contributed by atoms with E-state index in [0.717, 1.165) is 17.9 Å². The zero-order valence-corrected chi connectivity index (χ0v) is 11.3. The molecule has 96 valence electrons. The van der Waals surface area contributed by atoms with Gasteiger partial charge in [-0.2, -0.15) is 5.10 Å². The van der Waals surface area contributed by atoms with Crippen molar-refractivity contribution in [2.45, 2.75) is 25.8 Å². The Labute approximate surface area is 115 Å². The lowest BCUT2D eigenvalue weighted by atomic mass is 10.2. The molecule has 3 aromatic heterocycles. The molecule has 19 heavy (non-hydrogen) atoms. The van der Waals surface area contributed by atoms with Gasteiger partial charge in [0.2, 0.25) is 0 Å². The molecule has 1 aliphatic carbocycles. The summed E-state index contributed by atoms with van der Waals surface area (Å²) in [5.74, 6) is 0.897. The van der Waals surface area contributed by atoms with E-state index in [4.69, 9.17) is 0 Å². The van der Waals surface area contributed by atoms with Gasteiger partial charge in [-0.05, 0) is 37.0 Å². The Morgan fingerprint density at radius 1 is 1.32 bits per heavy atom. The highest BCUT2D eigenvalue weighted by atomic mass is 32.1. The second-order valence-electron chi connectivity index (χ2n) is 4.81. The first-order chi connectivity index (χ1) is 9.40. The fraction of sp³-hybridized carbons (Fsp3) is 0.286. The topological polar surface area (TPSA) is 42.2 Å². The molecule has 0 radical (unpaired) electrons. The van der Waals surface area contributed by atoms with Crippen molar-refractivity contribution < 1.29 is 0 Å². The van der Waals surface area contributed by atoms with Gasteiger partial charge in [-0.1, -0.05) is 0 Å². The van der Waals surface area contributed by atoms with Crippen molar-refractivity contribution in [2.75, 3.05) is 5.32 Å². The van der Waals surface area contributed by atoms with Gasteiger partial charge in [0, 0.05) is 22.1 Å². The molecular formula is C14H14N4S. The summed E-state index contributed by atoms with van der Waals surface area (Å²) in [6.45, 7) is 0.843. The predicted octanol–water partition coefficient (Wildman–Crippen LogP) is 2.89. The number of fused-ring (bicyclic) bond motifs is 2. The van der Waals surface area contributed by atoms with E-state index in [1.807, 2.05) is 28.1 Å². The maximum Gasteiger partial charge on any atom is 0.152 e. The maximum atomic E-state index is 4.39. The van der Waals surface area contributed by atoms with E-state index < -0.39 is 0 Å². The molecule has 1 aliphatic rings. The molecule has 0 aliphatic heterocycles. The summed E-state index contributed by atoms with van der Waals surface area (Å²) >= 11 is 1.94. The van der Waals surface area contributed by atoms with Crippen molar-refractivity contribution >= 4 is 22.7 Å². The van der Waals surface area contributed by atoms with E-state index in [1.54, 1.807) is 22.8 Å². The summed E-state index contributed by atoms with van der Waals surface area (Å²) in [5, 5.41) is 7.63. The van der Waals surface area contributed by atoms with Crippen LogP contribution in [-0.4, -0.2) is 14.6 Å². The largest absolute Gasteiger partial charge is 0.363 e. The summed E-state index contributed by atoms with van der Waals surface area (Å²) in [5.41, 5.74) is 2.57. The van der Waals surface area contributed by atoms with Crippen LogP contribution in [0, 0.1) is 0 Å². The minimum Gasteiger partial charge on any atom is -0.363 e. The van der Waals surface area contributed by atoms with Crippen molar-refractivity contribution in [3.63, 3.8) is 0 Å². The zero-order valence-electron chi connectivity index (χ0n) is 10.5. The lowest BCUT2D eigenvalue weighted by molar-refractivity contribution is 0.913. The summed E-state index contributed by atoms with van der Waals surface area (Å²) in [4.78, 5) is 7.36. The Balaban J connectivity index is 1.56. The molecular weight excluding hydrogens is 256 g/mol. The Morgan fingerprint density at radius 3 is 3.26 bits per heavy atom. The van der Waals surface area contributed by atoms with Gasteiger partial charge in [0.05, 0.1) is 12.7 Å². The predicted molar refractivity (Wildman–Crippen MR) is 76.7 cm³/mol. The molecule has 3 heterocycles. The molecule has 0 spiro atoms. The number of nitrogens with one attached hydrogen (secondary N) is 1. The average molecular weight is 270 g/mol. The molecule has 0 atom stereocenters. The van der Waals surface area contributed by atoms with Gasteiger partial charge in [-0.3, -0.25) is 0 Å². The first-order valence-electron chi connectivity index (χ1n) is 6.53. The SMILES string of the molecule is c1cn2nccc2c(NCc2cc3c(s2)CCC3)n1. The number of anilines is 1. The van der Waals surface area contributed by atoms with Gasteiger partial charge in [0.1, 0.15) is 5.52 Å². The Morgan fingerprint density at radius 2 is 2.32 bits per heavy atom. The number of hydrogen-bond donors (Lipinski definition) is 1. The van der Waals surface area contributed by atoms with Gasteiger partial charge in [-0.15, -0.1) is 11.3 Å². The van der Waals surface area contributed by atoms with Crippen molar-refractivity contribution in [1.29, 1.82) is 0 Å². The summed E-state index contributed by atoms with van der Waals surface area (Å²) in [6, 6.07) is 4.32. The monoisotopic (exact) mass is 270 g/mol. The van der Waals surface area contributed by atoms with Crippen molar-refractivity contribution in [2.24, 2.45) is 0 Å². The maximum absolute atomic E-state index is 4.39. The number of thiophene rings is 1. The second-order valence-corrected chi connectivity index (χ2v) is 6.03. The molecule has 3 aromatic rings. The van der Waals surface area contributed by atoms with Gasteiger partial charge in [-0.25, -0.2) is 9.50 Å². The molecule has 5 heteroatoms. The molecule has 0 unspecified atom stereocenters. The molecule has 4 rings (SSSR count). The molecule has 4 nitrogen and oxygen atoms in total. The number of aryl methyl sites for hydroxylation is 2. The number of aromatic nitrogens is 3. The molecule has 0 aromatic carbocycles. The van der Waals surface area contributed by atoms with E-state index in [-0.39, 0.29) is 0 Å². The van der Waals surface area contributed by atoms with Crippen molar-refractivity contribution in [3.8, 4) is 0 Å². The Bertz CT molecular complexity index is 706. The summed E-state index contributed by atoms with van der Waals surface area (Å²) in [7, 11) is 0. The van der Waals surface area contributed by atoms with Crippen LogP contribution in [0.2, 0.25) is 0 Å². The summed E-state index contributed by atoms with van der Waals surface area (Å²) in [6.07, 6.45) is 9.27. The van der Waals surface area contributed by atoms with E-state index in [9.17, 15) is 0 Å². The van der Waals surface area contributed by atoms with E-state index in [2.05, 4.69) is 21.5 Å². The van der Waals surface area contributed by atoms with Crippen LogP contribution in [0.25, 0.3) is 5.52 Å². The van der Waals surface area contributed by atoms with Crippen molar-refractivity contribution in [3.05, 3.63) is 46.0 Å². The van der Waals surface area contributed by atoms with E-state index >= 15 is 0 Å². The van der Waals surface area contributed by atoms with Crippen LogP contribution in [-0.2, 0) is 19.4 Å². The normalized spacial score (nSPS) is 13.9. The lowest BCUT2D eigenvalue weighted by Gasteiger charge is -2.05. The van der Waals surface area contributed by atoms with Gasteiger partial charge in [0.15, 0.2) is 5.82 Å². The fourth-order valence-electron chi connectivity index (χ4n) is 2.64. The lowest BCUT2D eigenvalue weighted by Crippen LogP contribution is -2.02. The van der Waals surface area contributed by atoms with Crippen LogP contribution in [0.15, 0.2) is 30.7 Å². The molecule has 0 bridgehead atoms. The average Bonchev–Trinajstić information content (AvgIpc) is 3.10. The summed E-state index contributed by atoms with van der Waals surface area (Å²) < 4.78 is 1.84. The molecule has 0 saturated carbocycles.